The molecule has 5 N–H and O–H groups in total. The third-order valence-electron chi connectivity index (χ3n) is 3.89. The number of rotatable bonds is 5. The molecule has 12 heteroatoms. The van der Waals surface area contributed by atoms with E-state index in [1.165, 1.54) is 18.3 Å². The molecular formula is C16H15ClN2O8S. The lowest BCUT2D eigenvalue weighted by molar-refractivity contribution is -0.271. The number of carboxylic acids is 1. The number of hydrogen-bond acceptors (Lipinski definition) is 9. The van der Waals surface area contributed by atoms with Crippen molar-refractivity contribution in [2.24, 2.45) is 0 Å². The molecule has 1 saturated heterocycles. The van der Waals surface area contributed by atoms with Gasteiger partial charge in [0, 0.05) is 0 Å². The lowest BCUT2D eigenvalue weighted by atomic mass is 9.99. The van der Waals surface area contributed by atoms with Crippen LogP contribution in [-0.4, -0.2) is 68.0 Å². The number of carbonyl (C=O) groups excluding carboxylic acids is 1. The molecule has 3 rings (SSSR count). The minimum Gasteiger partial charge on any atom is -0.479 e. The van der Waals surface area contributed by atoms with Crippen LogP contribution in [0.25, 0.3) is 0 Å². The van der Waals surface area contributed by atoms with Crippen molar-refractivity contribution in [3.05, 3.63) is 40.4 Å². The molecule has 0 aliphatic carbocycles. The van der Waals surface area contributed by atoms with Gasteiger partial charge in [0.25, 0.3) is 5.91 Å². The second-order valence-corrected chi connectivity index (χ2v) is 7.43. The van der Waals surface area contributed by atoms with Crippen LogP contribution >= 0.6 is 22.9 Å². The van der Waals surface area contributed by atoms with Crippen molar-refractivity contribution in [3.8, 4) is 5.75 Å². The molecule has 1 fully saturated rings. The molecule has 1 aliphatic heterocycles. The number of nitrogens with one attached hydrogen (secondary N) is 1. The number of hydrogen-bond donors (Lipinski definition) is 5. The van der Waals surface area contributed by atoms with E-state index in [2.05, 4.69) is 10.3 Å². The summed E-state index contributed by atoms with van der Waals surface area (Å²) >= 11 is 6.82. The van der Waals surface area contributed by atoms with Gasteiger partial charge in [-0.3, -0.25) is 10.1 Å². The van der Waals surface area contributed by atoms with Crippen LogP contribution in [0.2, 0.25) is 4.34 Å². The molecule has 1 aliphatic rings. The van der Waals surface area contributed by atoms with Gasteiger partial charge in [0.1, 0.15) is 28.4 Å². The van der Waals surface area contributed by atoms with Crippen LogP contribution in [0, 0.1) is 0 Å². The summed E-state index contributed by atoms with van der Waals surface area (Å²) in [4.78, 5) is 27.6. The van der Waals surface area contributed by atoms with Crippen molar-refractivity contribution in [2.45, 2.75) is 30.7 Å². The molecule has 0 unspecified atom stereocenters. The van der Waals surface area contributed by atoms with E-state index in [9.17, 15) is 24.9 Å². The highest BCUT2D eigenvalue weighted by molar-refractivity contribution is 7.19. The lowest BCUT2D eigenvalue weighted by Crippen LogP contribution is -2.61. The Balaban J connectivity index is 1.80. The van der Waals surface area contributed by atoms with E-state index in [-0.39, 0.29) is 16.4 Å². The number of carbonyl (C=O) groups is 2. The highest BCUT2D eigenvalue weighted by Crippen LogP contribution is 2.28. The number of carboxylic acid groups (broad SMARTS) is 1. The molecule has 0 radical (unpaired) electrons. The monoisotopic (exact) mass is 430 g/mol. The first-order valence-electron chi connectivity index (χ1n) is 7.88. The number of anilines is 1. The van der Waals surface area contributed by atoms with Crippen molar-refractivity contribution < 1.29 is 39.5 Å². The molecule has 1 amide bonds. The summed E-state index contributed by atoms with van der Waals surface area (Å²) in [5.74, 6) is -2.18. The maximum Gasteiger partial charge on any atom is 0.335 e. The van der Waals surface area contributed by atoms with Gasteiger partial charge in [0.2, 0.25) is 6.29 Å². The minimum atomic E-state index is -1.85. The Hall–Kier alpha value is -2.28. The van der Waals surface area contributed by atoms with Crippen LogP contribution in [0.5, 0.6) is 5.75 Å². The Kier molecular flexibility index (Phi) is 6.13. The quantitative estimate of drug-likeness (QED) is 0.450. The molecule has 1 aromatic heterocycles. The summed E-state index contributed by atoms with van der Waals surface area (Å²) in [5.41, 5.74) is 0.0390. The molecular weight excluding hydrogens is 416 g/mol. The van der Waals surface area contributed by atoms with Gasteiger partial charge in [-0.15, -0.1) is 0 Å². The number of aromatic nitrogens is 1. The zero-order chi connectivity index (χ0) is 20.4. The highest BCUT2D eigenvalue weighted by atomic mass is 35.5. The Morgan fingerprint density at radius 2 is 1.89 bits per heavy atom. The van der Waals surface area contributed by atoms with Gasteiger partial charge in [-0.25, -0.2) is 9.78 Å². The van der Waals surface area contributed by atoms with Crippen molar-refractivity contribution in [2.75, 3.05) is 5.32 Å². The third-order valence-corrected chi connectivity index (χ3v) is 4.92. The summed E-state index contributed by atoms with van der Waals surface area (Å²) in [6.45, 7) is 0. The number of amides is 1. The number of aliphatic carboxylic acids is 1. The van der Waals surface area contributed by atoms with Crippen LogP contribution in [0.4, 0.5) is 5.13 Å². The number of para-hydroxylation sites is 1. The second-order valence-electron chi connectivity index (χ2n) is 5.77. The van der Waals surface area contributed by atoms with Crippen molar-refractivity contribution in [3.63, 3.8) is 0 Å². The largest absolute Gasteiger partial charge is 0.479 e. The zero-order valence-corrected chi connectivity index (χ0v) is 15.5. The van der Waals surface area contributed by atoms with E-state index in [1.807, 2.05) is 0 Å². The van der Waals surface area contributed by atoms with Crippen LogP contribution in [0.1, 0.15) is 10.4 Å². The fourth-order valence-electron chi connectivity index (χ4n) is 2.51. The van der Waals surface area contributed by atoms with Gasteiger partial charge in [0.05, 0.1) is 11.8 Å². The third kappa shape index (κ3) is 4.24. The fraction of sp³-hybridized carbons (Fsp3) is 0.312. The number of benzene rings is 1. The van der Waals surface area contributed by atoms with E-state index in [1.54, 1.807) is 12.1 Å². The van der Waals surface area contributed by atoms with Gasteiger partial charge in [-0.2, -0.15) is 0 Å². The first kappa shape index (κ1) is 20.5. The smallest absolute Gasteiger partial charge is 0.335 e. The van der Waals surface area contributed by atoms with Gasteiger partial charge >= 0.3 is 5.97 Å². The van der Waals surface area contributed by atoms with Gasteiger partial charge in [-0.1, -0.05) is 35.1 Å². The standard InChI is InChI=1S/C16H15ClN2O8S/c17-8-5-18-16(28-8)19-13(23)6-3-1-2-4-7(6)26-15-11(22)9(20)10(21)12(27-15)14(24)25/h1-5,9-12,15,20-22H,(H,24,25)(H,18,19,23)/t9-,10-,11+,12-,15+/m0/s1. The Bertz CT molecular complexity index is 878. The fourth-order valence-corrected chi connectivity index (χ4v) is 3.32. The van der Waals surface area contributed by atoms with Crippen molar-refractivity contribution in [1.82, 2.24) is 4.98 Å². The Morgan fingerprint density at radius 1 is 1.18 bits per heavy atom. The van der Waals surface area contributed by atoms with Gasteiger partial charge < -0.3 is 29.9 Å². The molecule has 0 spiro atoms. The van der Waals surface area contributed by atoms with E-state index >= 15 is 0 Å². The number of ether oxygens (including phenoxy) is 2. The predicted octanol–water partition coefficient (Wildman–Crippen LogP) is 0.320. The molecule has 1 aromatic carbocycles. The van der Waals surface area contributed by atoms with Crippen LogP contribution in [0.15, 0.2) is 30.5 Å². The summed E-state index contributed by atoms with van der Waals surface area (Å²) < 4.78 is 10.9. The number of nitrogens with zero attached hydrogens (tertiary/aromatic N) is 1. The first-order chi connectivity index (χ1) is 13.3. The predicted molar refractivity (Wildman–Crippen MR) is 96.5 cm³/mol. The SMILES string of the molecule is O=C(Nc1ncc(Cl)s1)c1ccccc1O[C@@H]1O[C@H](C(=O)O)[C@@H](O)[C@H](O)[C@H]1O. The Morgan fingerprint density at radius 3 is 2.54 bits per heavy atom. The highest BCUT2D eigenvalue weighted by Gasteiger charge is 2.48. The maximum absolute atomic E-state index is 12.5. The van der Waals surface area contributed by atoms with E-state index in [4.69, 9.17) is 26.2 Å². The molecule has 2 heterocycles. The van der Waals surface area contributed by atoms with Gasteiger partial charge in [0.15, 0.2) is 11.2 Å². The number of aliphatic hydroxyl groups is 3. The van der Waals surface area contributed by atoms with Crippen molar-refractivity contribution >= 4 is 39.9 Å². The minimum absolute atomic E-state index is 0.0390. The lowest BCUT2D eigenvalue weighted by Gasteiger charge is -2.38. The van der Waals surface area contributed by atoms with Crippen LogP contribution < -0.4 is 10.1 Å². The Labute approximate surface area is 166 Å². The molecule has 5 atom stereocenters. The number of halogens is 1. The van der Waals surface area contributed by atoms with Crippen LogP contribution in [0.3, 0.4) is 0 Å². The van der Waals surface area contributed by atoms with Crippen LogP contribution in [-0.2, 0) is 9.53 Å². The normalized spacial score (nSPS) is 27.2. The van der Waals surface area contributed by atoms with E-state index in [0.29, 0.717) is 4.34 Å². The summed E-state index contributed by atoms with van der Waals surface area (Å²) in [6, 6.07) is 5.93. The molecule has 2 aromatic rings. The summed E-state index contributed by atoms with van der Waals surface area (Å²) in [6.07, 6.45) is -7.50. The van der Waals surface area contributed by atoms with E-state index < -0.39 is 42.6 Å². The maximum atomic E-state index is 12.5. The molecule has 0 saturated carbocycles. The molecule has 10 nitrogen and oxygen atoms in total. The van der Waals surface area contributed by atoms with Gasteiger partial charge in [-0.05, 0) is 12.1 Å². The average Bonchev–Trinajstić information content (AvgIpc) is 3.06. The molecule has 150 valence electrons. The van der Waals surface area contributed by atoms with Crippen molar-refractivity contribution in [1.29, 1.82) is 0 Å². The average molecular weight is 431 g/mol. The summed E-state index contributed by atoms with van der Waals surface area (Å²) in [7, 11) is 0. The van der Waals surface area contributed by atoms with E-state index in [0.717, 1.165) is 11.3 Å². The topological polar surface area (TPSA) is 158 Å². The number of aliphatic hydroxyl groups excluding tert-OH is 3. The number of thiazole rings is 1. The molecule has 0 bridgehead atoms. The molecule has 28 heavy (non-hydrogen) atoms. The first-order valence-corrected chi connectivity index (χ1v) is 9.08. The zero-order valence-electron chi connectivity index (χ0n) is 13.9. The summed E-state index contributed by atoms with van der Waals surface area (Å²) in [5, 5.41) is 41.5. The second kappa shape index (κ2) is 8.39.